The van der Waals surface area contributed by atoms with E-state index >= 15 is 0 Å². The van der Waals surface area contributed by atoms with Crippen molar-refractivity contribution in [3.63, 3.8) is 0 Å². The monoisotopic (exact) mass is 225 g/mol. The van der Waals surface area contributed by atoms with Crippen molar-refractivity contribution in [3.8, 4) is 0 Å². The van der Waals surface area contributed by atoms with E-state index in [0.29, 0.717) is 5.92 Å². The molecule has 0 amide bonds. The zero-order valence-corrected chi connectivity index (χ0v) is 10.5. The lowest BCUT2D eigenvalue weighted by atomic mass is 9.99. The molecule has 0 aromatic heterocycles. The molecule has 0 unspecified atom stereocenters. The third-order valence-electron chi connectivity index (χ3n) is 3.03. The highest BCUT2D eigenvalue weighted by atomic mass is 14.5. The lowest BCUT2D eigenvalue weighted by Crippen LogP contribution is -1.92. The van der Waals surface area contributed by atoms with Crippen LogP contribution in [0.1, 0.15) is 36.5 Å². The Morgan fingerprint density at radius 3 is 1.76 bits per heavy atom. The first-order chi connectivity index (χ1) is 8.15. The van der Waals surface area contributed by atoms with E-state index in [0.717, 1.165) is 12.1 Å². The van der Waals surface area contributed by atoms with Crippen LogP contribution in [-0.4, -0.2) is 0 Å². The number of nitrogens with two attached hydrogens (primary N) is 1. The van der Waals surface area contributed by atoms with Crippen molar-refractivity contribution in [2.24, 2.45) is 0 Å². The van der Waals surface area contributed by atoms with E-state index in [-0.39, 0.29) is 0 Å². The van der Waals surface area contributed by atoms with Crippen molar-refractivity contribution >= 4 is 5.69 Å². The van der Waals surface area contributed by atoms with Crippen LogP contribution in [-0.2, 0) is 6.42 Å². The Balaban J connectivity index is 2.11. The molecule has 0 fully saturated rings. The molecule has 1 nitrogen and oxygen atoms in total. The molecule has 88 valence electrons. The van der Waals surface area contributed by atoms with E-state index in [2.05, 4.69) is 50.2 Å². The van der Waals surface area contributed by atoms with E-state index in [4.69, 9.17) is 5.73 Å². The van der Waals surface area contributed by atoms with E-state index in [1.165, 1.54) is 16.7 Å². The average Bonchev–Trinajstić information content (AvgIpc) is 2.33. The Morgan fingerprint density at radius 1 is 0.824 bits per heavy atom. The summed E-state index contributed by atoms with van der Waals surface area (Å²) in [6.07, 6.45) is 0.971. The highest BCUT2D eigenvalue weighted by molar-refractivity contribution is 5.40. The molecule has 17 heavy (non-hydrogen) atoms. The van der Waals surface area contributed by atoms with Crippen LogP contribution in [0.5, 0.6) is 0 Å². The van der Waals surface area contributed by atoms with E-state index in [1.54, 1.807) is 0 Å². The number of rotatable bonds is 3. The van der Waals surface area contributed by atoms with Crippen molar-refractivity contribution in [1.29, 1.82) is 0 Å². The molecule has 2 N–H and O–H groups in total. The molecule has 0 aliphatic carbocycles. The summed E-state index contributed by atoms with van der Waals surface area (Å²) < 4.78 is 0. The maximum Gasteiger partial charge on any atom is 0.0314 e. The first-order valence-electron chi connectivity index (χ1n) is 6.08. The van der Waals surface area contributed by atoms with Crippen molar-refractivity contribution in [2.45, 2.75) is 26.2 Å². The van der Waals surface area contributed by atoms with Gasteiger partial charge in [-0.3, -0.25) is 0 Å². The number of nitrogen functional groups attached to an aromatic ring is 1. The van der Waals surface area contributed by atoms with Crippen LogP contribution in [0.3, 0.4) is 0 Å². The highest BCUT2D eigenvalue weighted by Gasteiger charge is 2.00. The fraction of sp³-hybridized carbons (Fsp3) is 0.250. The van der Waals surface area contributed by atoms with E-state index < -0.39 is 0 Å². The smallest absolute Gasteiger partial charge is 0.0314 e. The highest BCUT2D eigenvalue weighted by Crippen LogP contribution is 2.17. The van der Waals surface area contributed by atoms with Crippen LogP contribution in [0.15, 0.2) is 48.5 Å². The van der Waals surface area contributed by atoms with Crippen molar-refractivity contribution in [2.75, 3.05) is 5.73 Å². The fourth-order valence-electron chi connectivity index (χ4n) is 1.89. The molecular weight excluding hydrogens is 206 g/mol. The predicted octanol–water partition coefficient (Wildman–Crippen LogP) is 3.98. The summed E-state index contributed by atoms with van der Waals surface area (Å²) in [4.78, 5) is 0. The Kier molecular flexibility index (Phi) is 3.48. The van der Waals surface area contributed by atoms with E-state index in [9.17, 15) is 0 Å². The molecule has 0 saturated carbocycles. The topological polar surface area (TPSA) is 26.0 Å². The van der Waals surface area contributed by atoms with Crippen LogP contribution in [0, 0.1) is 0 Å². The minimum absolute atomic E-state index is 0.598. The molecule has 0 aliphatic rings. The molecule has 1 heteroatoms. The molecular formula is C16H19N. The lowest BCUT2D eigenvalue weighted by Gasteiger charge is -2.07. The summed E-state index contributed by atoms with van der Waals surface area (Å²) in [5.41, 5.74) is 10.5. The van der Waals surface area contributed by atoms with Gasteiger partial charge in [-0.1, -0.05) is 50.2 Å². The molecule has 0 atom stereocenters. The van der Waals surface area contributed by atoms with Gasteiger partial charge in [-0.2, -0.15) is 0 Å². The van der Waals surface area contributed by atoms with Crippen molar-refractivity contribution in [1.82, 2.24) is 0 Å². The van der Waals surface area contributed by atoms with Crippen molar-refractivity contribution in [3.05, 3.63) is 65.2 Å². The molecule has 2 aromatic rings. The molecule has 0 spiro atoms. The third-order valence-corrected chi connectivity index (χ3v) is 3.03. The average molecular weight is 225 g/mol. The summed E-state index contributed by atoms with van der Waals surface area (Å²) >= 11 is 0. The Hall–Kier alpha value is -1.76. The molecule has 2 rings (SSSR count). The second-order valence-corrected chi connectivity index (χ2v) is 4.81. The zero-order valence-electron chi connectivity index (χ0n) is 10.5. The lowest BCUT2D eigenvalue weighted by molar-refractivity contribution is 0.865. The van der Waals surface area contributed by atoms with Gasteiger partial charge in [-0.25, -0.2) is 0 Å². The van der Waals surface area contributed by atoms with Crippen LogP contribution in [0.25, 0.3) is 0 Å². The normalized spacial score (nSPS) is 10.8. The summed E-state index contributed by atoms with van der Waals surface area (Å²) in [5, 5.41) is 0. The zero-order chi connectivity index (χ0) is 12.3. The largest absolute Gasteiger partial charge is 0.399 e. The standard InChI is InChI=1S/C16H19N/c1-12(2)15-7-3-13(4-8-15)11-14-5-9-16(17)10-6-14/h3-10,12H,11,17H2,1-2H3. The first kappa shape index (κ1) is 11.7. The molecule has 0 bridgehead atoms. The van der Waals surface area contributed by atoms with Gasteiger partial charge in [-0.15, -0.1) is 0 Å². The van der Waals surface area contributed by atoms with Gasteiger partial charge in [0.2, 0.25) is 0 Å². The summed E-state index contributed by atoms with van der Waals surface area (Å²) in [6, 6.07) is 17.0. The van der Waals surface area contributed by atoms with E-state index in [1.807, 2.05) is 12.1 Å². The van der Waals surface area contributed by atoms with Gasteiger partial charge in [0.25, 0.3) is 0 Å². The summed E-state index contributed by atoms with van der Waals surface area (Å²) in [7, 11) is 0. The third kappa shape index (κ3) is 3.10. The number of hydrogen-bond donors (Lipinski definition) is 1. The van der Waals surface area contributed by atoms with Crippen molar-refractivity contribution < 1.29 is 0 Å². The molecule has 0 saturated heterocycles. The quantitative estimate of drug-likeness (QED) is 0.785. The first-order valence-corrected chi connectivity index (χ1v) is 6.08. The Labute approximate surface area is 103 Å². The Bertz CT molecular complexity index is 466. The van der Waals surface area contributed by atoms with Crippen LogP contribution < -0.4 is 5.73 Å². The molecule has 2 aromatic carbocycles. The predicted molar refractivity (Wildman–Crippen MR) is 74.2 cm³/mol. The molecule has 0 aliphatic heterocycles. The van der Waals surface area contributed by atoms with Crippen LogP contribution >= 0.6 is 0 Å². The second kappa shape index (κ2) is 5.05. The molecule has 0 radical (unpaired) electrons. The van der Waals surface area contributed by atoms with Gasteiger partial charge in [0.05, 0.1) is 0 Å². The van der Waals surface area contributed by atoms with Gasteiger partial charge < -0.3 is 5.73 Å². The molecule has 0 heterocycles. The summed E-state index contributed by atoms with van der Waals surface area (Å²) in [5.74, 6) is 0.598. The fourth-order valence-corrected chi connectivity index (χ4v) is 1.89. The van der Waals surface area contributed by atoms with Crippen LogP contribution in [0.4, 0.5) is 5.69 Å². The van der Waals surface area contributed by atoms with Gasteiger partial charge in [0.1, 0.15) is 0 Å². The second-order valence-electron chi connectivity index (χ2n) is 4.81. The minimum atomic E-state index is 0.598. The maximum atomic E-state index is 5.67. The Morgan fingerprint density at radius 2 is 1.29 bits per heavy atom. The number of anilines is 1. The SMILES string of the molecule is CC(C)c1ccc(Cc2ccc(N)cc2)cc1. The number of benzene rings is 2. The number of hydrogen-bond acceptors (Lipinski definition) is 1. The minimum Gasteiger partial charge on any atom is -0.399 e. The van der Waals surface area contributed by atoms with Gasteiger partial charge in [0, 0.05) is 5.69 Å². The summed E-state index contributed by atoms with van der Waals surface area (Å²) in [6.45, 7) is 4.43. The van der Waals surface area contributed by atoms with Gasteiger partial charge >= 0.3 is 0 Å². The van der Waals surface area contributed by atoms with Gasteiger partial charge in [-0.05, 0) is 41.2 Å². The maximum absolute atomic E-state index is 5.67. The van der Waals surface area contributed by atoms with Crippen LogP contribution in [0.2, 0.25) is 0 Å². The van der Waals surface area contributed by atoms with Gasteiger partial charge in [0.15, 0.2) is 0 Å².